The van der Waals surface area contributed by atoms with Crippen LogP contribution in [-0.2, 0) is 17.8 Å². The van der Waals surface area contributed by atoms with E-state index in [2.05, 4.69) is 5.16 Å². The van der Waals surface area contributed by atoms with E-state index in [9.17, 15) is 18.8 Å². The Kier molecular flexibility index (Phi) is 5.08. The molecule has 3 heterocycles. The maximum Gasteiger partial charge on any atom is 0.262 e. The maximum atomic E-state index is 13.7. The van der Waals surface area contributed by atoms with Crippen LogP contribution in [0.5, 0.6) is 0 Å². The highest BCUT2D eigenvalue weighted by Gasteiger charge is 2.45. The van der Waals surface area contributed by atoms with E-state index >= 15 is 0 Å². The lowest BCUT2D eigenvalue weighted by Gasteiger charge is -2.35. The van der Waals surface area contributed by atoms with Crippen molar-refractivity contribution in [2.75, 3.05) is 6.54 Å². The Morgan fingerprint density at radius 3 is 2.27 bits per heavy atom. The second kappa shape index (κ2) is 7.95. The van der Waals surface area contributed by atoms with Gasteiger partial charge in [0.15, 0.2) is 5.76 Å². The Balaban J connectivity index is 1.44. The normalized spacial score (nSPS) is 16.2. The molecule has 168 valence electrons. The number of aromatic nitrogens is 1. The molecule has 8 heteroatoms. The number of hydrogen-bond acceptors (Lipinski definition) is 5. The van der Waals surface area contributed by atoms with Gasteiger partial charge in [-0.1, -0.05) is 31.1 Å². The minimum Gasteiger partial charge on any atom is -0.356 e. The predicted molar refractivity (Wildman–Crippen MR) is 117 cm³/mol. The maximum absolute atomic E-state index is 13.7. The third kappa shape index (κ3) is 3.42. The molecule has 33 heavy (non-hydrogen) atoms. The number of carbonyl (C=O) groups excluding carboxylic acids is 3. The standard InChI is InChI=1S/C25H22FN3O4/c1-14(2)21(29-23(30)17-5-3-4-6-18(17)24(29)31)25(32)28-12-11-20-19(13-28)22(33-27-20)15-7-9-16(26)10-8-15/h3-10,14,21H,11-13H2,1-2H3. The van der Waals surface area contributed by atoms with Gasteiger partial charge in [0.2, 0.25) is 5.91 Å². The molecule has 2 aliphatic rings. The van der Waals surface area contributed by atoms with E-state index in [1.54, 1.807) is 41.3 Å². The smallest absolute Gasteiger partial charge is 0.262 e. The SMILES string of the molecule is CC(C)C(C(=O)N1CCc2noc(-c3ccc(F)cc3)c2C1)N1C(=O)c2ccccc2C1=O. The quantitative estimate of drug-likeness (QED) is 0.570. The van der Waals surface area contributed by atoms with Crippen molar-refractivity contribution >= 4 is 17.7 Å². The van der Waals surface area contributed by atoms with Crippen LogP contribution in [0.15, 0.2) is 53.1 Å². The highest BCUT2D eigenvalue weighted by molar-refractivity contribution is 6.22. The van der Waals surface area contributed by atoms with Gasteiger partial charge in [-0.25, -0.2) is 4.39 Å². The molecule has 0 saturated heterocycles. The highest BCUT2D eigenvalue weighted by Crippen LogP contribution is 2.33. The predicted octanol–water partition coefficient (Wildman–Crippen LogP) is 3.69. The van der Waals surface area contributed by atoms with Crippen LogP contribution in [-0.4, -0.2) is 45.3 Å². The van der Waals surface area contributed by atoms with Gasteiger partial charge in [0.05, 0.1) is 23.4 Å². The summed E-state index contributed by atoms with van der Waals surface area (Å²) in [6.07, 6.45) is 0.485. The molecule has 0 radical (unpaired) electrons. The zero-order chi connectivity index (χ0) is 23.3. The van der Waals surface area contributed by atoms with E-state index in [-0.39, 0.29) is 24.2 Å². The van der Waals surface area contributed by atoms with E-state index in [0.717, 1.165) is 16.2 Å². The number of benzene rings is 2. The summed E-state index contributed by atoms with van der Waals surface area (Å²) in [5.41, 5.74) is 2.81. The van der Waals surface area contributed by atoms with Crippen LogP contribution in [0.25, 0.3) is 11.3 Å². The van der Waals surface area contributed by atoms with Crippen LogP contribution in [0, 0.1) is 11.7 Å². The lowest BCUT2D eigenvalue weighted by Crippen LogP contribution is -2.54. The molecule has 0 N–H and O–H groups in total. The molecule has 0 aliphatic carbocycles. The van der Waals surface area contributed by atoms with E-state index in [0.29, 0.717) is 35.4 Å². The summed E-state index contributed by atoms with van der Waals surface area (Å²) < 4.78 is 18.9. The van der Waals surface area contributed by atoms with Crippen molar-refractivity contribution in [3.8, 4) is 11.3 Å². The largest absolute Gasteiger partial charge is 0.356 e. The highest BCUT2D eigenvalue weighted by atomic mass is 19.1. The fraction of sp³-hybridized carbons (Fsp3) is 0.280. The second-order valence-corrected chi connectivity index (χ2v) is 8.67. The summed E-state index contributed by atoms with van der Waals surface area (Å²) >= 11 is 0. The van der Waals surface area contributed by atoms with Crippen LogP contribution in [0.3, 0.4) is 0 Å². The van der Waals surface area contributed by atoms with E-state index in [1.807, 2.05) is 13.8 Å². The number of amides is 3. The third-order valence-electron chi connectivity index (χ3n) is 6.24. The first kappa shape index (κ1) is 21.1. The minimum atomic E-state index is -0.923. The molecule has 2 aromatic carbocycles. The fourth-order valence-corrected chi connectivity index (χ4v) is 4.57. The summed E-state index contributed by atoms with van der Waals surface area (Å²) in [7, 11) is 0. The molecule has 0 saturated carbocycles. The molecule has 2 aliphatic heterocycles. The molecule has 0 spiro atoms. The molecule has 1 unspecified atom stereocenters. The van der Waals surface area contributed by atoms with Crippen LogP contribution in [0.2, 0.25) is 0 Å². The molecule has 1 aromatic heterocycles. The summed E-state index contributed by atoms with van der Waals surface area (Å²) in [5.74, 6) is -1.33. The van der Waals surface area contributed by atoms with E-state index in [1.165, 1.54) is 12.1 Å². The van der Waals surface area contributed by atoms with Gasteiger partial charge in [0.25, 0.3) is 11.8 Å². The second-order valence-electron chi connectivity index (χ2n) is 8.67. The lowest BCUT2D eigenvalue weighted by atomic mass is 9.97. The number of carbonyl (C=O) groups is 3. The number of halogens is 1. The molecule has 1 atom stereocenters. The minimum absolute atomic E-state index is 0.233. The molecular weight excluding hydrogens is 425 g/mol. The zero-order valence-corrected chi connectivity index (χ0v) is 18.2. The summed E-state index contributed by atoms with van der Waals surface area (Å²) in [6.45, 7) is 4.28. The monoisotopic (exact) mass is 447 g/mol. The van der Waals surface area contributed by atoms with Gasteiger partial charge < -0.3 is 9.42 Å². The van der Waals surface area contributed by atoms with E-state index < -0.39 is 17.9 Å². The van der Waals surface area contributed by atoms with Gasteiger partial charge in [-0.15, -0.1) is 0 Å². The number of fused-ring (bicyclic) bond motifs is 2. The molecule has 7 nitrogen and oxygen atoms in total. The number of imide groups is 1. The molecule has 0 fully saturated rings. The molecule has 3 aromatic rings. The lowest BCUT2D eigenvalue weighted by molar-refractivity contribution is -0.137. The van der Waals surface area contributed by atoms with Crippen molar-refractivity contribution in [1.82, 2.24) is 15.0 Å². The van der Waals surface area contributed by atoms with Gasteiger partial charge in [0.1, 0.15) is 11.9 Å². The first-order valence-electron chi connectivity index (χ1n) is 10.9. The van der Waals surface area contributed by atoms with Crippen LogP contribution < -0.4 is 0 Å². The van der Waals surface area contributed by atoms with Crippen LogP contribution in [0.4, 0.5) is 4.39 Å². The zero-order valence-electron chi connectivity index (χ0n) is 18.2. The first-order valence-corrected chi connectivity index (χ1v) is 10.9. The average molecular weight is 447 g/mol. The van der Waals surface area contributed by atoms with Crippen molar-refractivity contribution in [2.45, 2.75) is 32.9 Å². The number of rotatable bonds is 4. The fourth-order valence-electron chi connectivity index (χ4n) is 4.57. The van der Waals surface area contributed by atoms with Gasteiger partial charge in [-0.2, -0.15) is 0 Å². The number of hydrogen-bond donors (Lipinski definition) is 0. The Morgan fingerprint density at radius 2 is 1.67 bits per heavy atom. The van der Waals surface area contributed by atoms with Crippen LogP contribution in [0.1, 0.15) is 45.8 Å². The molecule has 0 bridgehead atoms. The summed E-state index contributed by atoms with van der Waals surface area (Å²) in [4.78, 5) is 42.5. The number of nitrogens with zero attached hydrogens (tertiary/aromatic N) is 3. The molecule has 5 rings (SSSR count). The topological polar surface area (TPSA) is 83.7 Å². The van der Waals surface area contributed by atoms with Gasteiger partial charge in [-0.05, 0) is 42.3 Å². The van der Waals surface area contributed by atoms with Crippen molar-refractivity contribution in [1.29, 1.82) is 0 Å². The van der Waals surface area contributed by atoms with Crippen molar-refractivity contribution < 1.29 is 23.3 Å². The van der Waals surface area contributed by atoms with Crippen LogP contribution >= 0.6 is 0 Å². The van der Waals surface area contributed by atoms with Crippen molar-refractivity contribution in [3.63, 3.8) is 0 Å². The van der Waals surface area contributed by atoms with Crippen molar-refractivity contribution in [2.24, 2.45) is 5.92 Å². The summed E-state index contributed by atoms with van der Waals surface area (Å²) in [6, 6.07) is 11.6. The average Bonchev–Trinajstić information content (AvgIpc) is 3.34. The third-order valence-corrected chi connectivity index (χ3v) is 6.24. The van der Waals surface area contributed by atoms with Crippen molar-refractivity contribution in [3.05, 3.63) is 76.7 Å². The molecule has 3 amide bonds. The van der Waals surface area contributed by atoms with Gasteiger partial charge >= 0.3 is 0 Å². The molecular formula is C25H22FN3O4. The first-order chi connectivity index (χ1) is 15.9. The Morgan fingerprint density at radius 1 is 1.03 bits per heavy atom. The summed E-state index contributed by atoms with van der Waals surface area (Å²) in [5, 5.41) is 4.13. The Labute approximate surface area is 189 Å². The van der Waals surface area contributed by atoms with Gasteiger partial charge in [0, 0.05) is 24.1 Å². The Bertz CT molecular complexity index is 1230. The Hall–Kier alpha value is -3.81. The van der Waals surface area contributed by atoms with Gasteiger partial charge in [-0.3, -0.25) is 19.3 Å². The van der Waals surface area contributed by atoms with E-state index in [4.69, 9.17) is 4.52 Å².